The van der Waals surface area contributed by atoms with Crippen molar-refractivity contribution in [1.29, 1.82) is 0 Å². The van der Waals surface area contributed by atoms with Crippen molar-refractivity contribution in [3.63, 3.8) is 0 Å². The quantitative estimate of drug-likeness (QED) is 0.409. The molecule has 52 valence electrons. The number of hydrogen-bond acceptors (Lipinski definition) is 2. The van der Waals surface area contributed by atoms with E-state index in [4.69, 9.17) is 10.5 Å². The molecule has 2 aliphatic heterocycles. The van der Waals surface area contributed by atoms with Crippen molar-refractivity contribution in [1.82, 2.24) is 0 Å². The van der Waals surface area contributed by atoms with Crippen LogP contribution in [0.15, 0.2) is 0 Å². The number of fused-ring (bicyclic) bond motifs is 1. The second kappa shape index (κ2) is 1.68. The summed E-state index contributed by atoms with van der Waals surface area (Å²) >= 11 is 0. The summed E-state index contributed by atoms with van der Waals surface area (Å²) in [7, 11) is 0. The van der Waals surface area contributed by atoms with E-state index in [1.807, 2.05) is 0 Å². The SMILES string of the molecule is N[C@]12CCC[NH+]1COC2. The second-order valence-corrected chi connectivity index (χ2v) is 3.11. The standard InChI is InChI=1S/C6H12N2O/c7-6-2-1-3-8(6)5-9-4-6/h1-5,7H2/p+1/t6-/m1/s1. The molecule has 0 aromatic rings. The van der Waals surface area contributed by atoms with Crippen molar-refractivity contribution >= 4 is 0 Å². The highest BCUT2D eigenvalue weighted by atomic mass is 16.5. The van der Waals surface area contributed by atoms with E-state index < -0.39 is 0 Å². The van der Waals surface area contributed by atoms with E-state index in [9.17, 15) is 0 Å². The third-order valence-electron chi connectivity index (χ3n) is 2.44. The van der Waals surface area contributed by atoms with Gasteiger partial charge in [0.25, 0.3) is 0 Å². The van der Waals surface area contributed by atoms with E-state index in [1.165, 1.54) is 17.9 Å². The van der Waals surface area contributed by atoms with Gasteiger partial charge in [0.05, 0.1) is 6.54 Å². The number of ether oxygens (including phenoxy) is 1. The Hall–Kier alpha value is -0.120. The summed E-state index contributed by atoms with van der Waals surface area (Å²) in [5.41, 5.74) is 6.00. The lowest BCUT2D eigenvalue weighted by Gasteiger charge is -2.19. The largest absolute Gasteiger partial charge is 0.324 e. The first-order valence-corrected chi connectivity index (χ1v) is 3.53. The number of nitrogens with one attached hydrogen (secondary N) is 1. The average Bonchev–Trinajstić information content (AvgIpc) is 2.22. The maximum atomic E-state index is 6.00. The van der Waals surface area contributed by atoms with Gasteiger partial charge in [0.15, 0.2) is 12.4 Å². The molecule has 3 nitrogen and oxygen atoms in total. The lowest BCUT2D eigenvalue weighted by molar-refractivity contribution is -0.932. The fourth-order valence-electron chi connectivity index (χ4n) is 1.79. The van der Waals surface area contributed by atoms with Crippen LogP contribution in [0, 0.1) is 0 Å². The Labute approximate surface area is 54.8 Å². The van der Waals surface area contributed by atoms with Gasteiger partial charge in [-0.1, -0.05) is 0 Å². The molecule has 2 heterocycles. The van der Waals surface area contributed by atoms with Crippen molar-refractivity contribution in [3.8, 4) is 0 Å². The summed E-state index contributed by atoms with van der Waals surface area (Å²) < 4.78 is 5.25. The van der Waals surface area contributed by atoms with Crippen LogP contribution in [0.25, 0.3) is 0 Å². The number of rotatable bonds is 0. The minimum atomic E-state index is 0. The summed E-state index contributed by atoms with van der Waals surface area (Å²) in [6.07, 6.45) is 2.41. The van der Waals surface area contributed by atoms with Crippen LogP contribution < -0.4 is 10.6 Å². The first-order valence-electron chi connectivity index (χ1n) is 3.53. The molecule has 0 bridgehead atoms. The Morgan fingerprint density at radius 3 is 3.22 bits per heavy atom. The number of hydrogen-bond donors (Lipinski definition) is 2. The maximum absolute atomic E-state index is 6.00. The highest BCUT2D eigenvalue weighted by molar-refractivity contribution is 4.77. The molecule has 2 atom stereocenters. The van der Waals surface area contributed by atoms with Crippen LogP contribution in [0.4, 0.5) is 0 Å². The Kier molecular flexibility index (Phi) is 1.06. The van der Waals surface area contributed by atoms with Gasteiger partial charge in [0, 0.05) is 12.8 Å². The Balaban J connectivity index is 2.17. The maximum Gasteiger partial charge on any atom is 0.183 e. The molecule has 0 amide bonds. The van der Waals surface area contributed by atoms with E-state index in [-0.39, 0.29) is 5.66 Å². The third kappa shape index (κ3) is 0.689. The molecule has 3 heteroatoms. The van der Waals surface area contributed by atoms with Crippen LogP contribution in [0.3, 0.4) is 0 Å². The number of quaternary nitrogens is 1. The van der Waals surface area contributed by atoms with Gasteiger partial charge in [-0.25, -0.2) is 0 Å². The fraction of sp³-hybridized carbons (Fsp3) is 1.00. The lowest BCUT2D eigenvalue weighted by atomic mass is 10.1. The molecule has 0 aromatic heterocycles. The minimum Gasteiger partial charge on any atom is -0.324 e. The van der Waals surface area contributed by atoms with Crippen LogP contribution in [0.2, 0.25) is 0 Å². The van der Waals surface area contributed by atoms with Crippen molar-refractivity contribution in [2.75, 3.05) is 19.9 Å². The monoisotopic (exact) mass is 129 g/mol. The molecule has 3 N–H and O–H groups in total. The molecule has 0 spiro atoms. The first kappa shape index (κ1) is 5.65. The lowest BCUT2D eigenvalue weighted by Crippen LogP contribution is -3.18. The van der Waals surface area contributed by atoms with Crippen molar-refractivity contribution in [3.05, 3.63) is 0 Å². The van der Waals surface area contributed by atoms with Gasteiger partial charge < -0.3 is 4.74 Å². The molecule has 2 aliphatic rings. The highest BCUT2D eigenvalue weighted by Gasteiger charge is 2.46. The van der Waals surface area contributed by atoms with Gasteiger partial charge in [0.2, 0.25) is 0 Å². The molecular formula is C6H13N2O+. The molecule has 2 rings (SSSR count). The van der Waals surface area contributed by atoms with E-state index >= 15 is 0 Å². The Morgan fingerprint density at radius 1 is 1.56 bits per heavy atom. The van der Waals surface area contributed by atoms with E-state index in [0.29, 0.717) is 0 Å². The number of nitrogens with two attached hydrogens (primary N) is 1. The molecular weight excluding hydrogens is 116 g/mol. The second-order valence-electron chi connectivity index (χ2n) is 3.11. The van der Waals surface area contributed by atoms with Crippen LogP contribution in [-0.4, -0.2) is 25.5 Å². The Morgan fingerprint density at radius 2 is 2.44 bits per heavy atom. The zero-order valence-electron chi connectivity index (χ0n) is 5.52. The summed E-state index contributed by atoms with van der Waals surface area (Å²) in [6.45, 7) is 2.80. The molecule has 2 fully saturated rings. The zero-order valence-corrected chi connectivity index (χ0v) is 5.52. The summed E-state index contributed by atoms with van der Waals surface area (Å²) in [5.74, 6) is 0. The van der Waals surface area contributed by atoms with Gasteiger partial charge in [-0.15, -0.1) is 0 Å². The highest BCUT2D eigenvalue weighted by Crippen LogP contribution is 2.11. The Bertz CT molecular complexity index is 116. The average molecular weight is 129 g/mol. The molecule has 0 radical (unpaired) electrons. The van der Waals surface area contributed by atoms with Gasteiger partial charge in [-0.2, -0.15) is 0 Å². The third-order valence-corrected chi connectivity index (χ3v) is 2.44. The molecule has 2 saturated heterocycles. The topological polar surface area (TPSA) is 39.7 Å². The van der Waals surface area contributed by atoms with E-state index in [2.05, 4.69) is 0 Å². The molecule has 0 saturated carbocycles. The fourth-order valence-corrected chi connectivity index (χ4v) is 1.79. The molecule has 9 heavy (non-hydrogen) atoms. The normalized spacial score (nSPS) is 49.7. The van der Waals surface area contributed by atoms with Gasteiger partial charge in [0.1, 0.15) is 6.61 Å². The summed E-state index contributed by atoms with van der Waals surface area (Å²) in [6, 6.07) is 0. The predicted molar refractivity (Wildman–Crippen MR) is 32.8 cm³/mol. The van der Waals surface area contributed by atoms with Crippen LogP contribution in [0.1, 0.15) is 12.8 Å². The van der Waals surface area contributed by atoms with Crippen molar-refractivity contribution in [2.24, 2.45) is 5.73 Å². The smallest absolute Gasteiger partial charge is 0.183 e. The summed E-state index contributed by atoms with van der Waals surface area (Å²) in [5, 5.41) is 0. The van der Waals surface area contributed by atoms with Crippen LogP contribution in [0.5, 0.6) is 0 Å². The minimum absolute atomic E-state index is 0. The zero-order chi connectivity index (χ0) is 6.32. The predicted octanol–water partition coefficient (Wildman–Crippen LogP) is -1.69. The molecule has 0 aromatic carbocycles. The van der Waals surface area contributed by atoms with Crippen LogP contribution >= 0.6 is 0 Å². The molecule has 1 unspecified atom stereocenters. The van der Waals surface area contributed by atoms with E-state index in [0.717, 1.165) is 19.8 Å². The summed E-state index contributed by atoms with van der Waals surface area (Å²) in [4.78, 5) is 1.45. The van der Waals surface area contributed by atoms with Crippen LogP contribution in [-0.2, 0) is 4.74 Å². The van der Waals surface area contributed by atoms with Gasteiger partial charge >= 0.3 is 0 Å². The van der Waals surface area contributed by atoms with Crippen molar-refractivity contribution in [2.45, 2.75) is 18.5 Å². The van der Waals surface area contributed by atoms with Gasteiger partial charge in [-0.05, 0) is 0 Å². The molecule has 0 aliphatic carbocycles. The van der Waals surface area contributed by atoms with E-state index in [1.54, 1.807) is 0 Å². The van der Waals surface area contributed by atoms with Crippen molar-refractivity contribution < 1.29 is 9.64 Å². The first-order chi connectivity index (χ1) is 4.31. The van der Waals surface area contributed by atoms with Gasteiger partial charge in [-0.3, -0.25) is 10.6 Å².